The highest BCUT2D eigenvalue weighted by Crippen LogP contribution is 2.31. The van der Waals surface area contributed by atoms with Crippen molar-refractivity contribution in [3.05, 3.63) is 0 Å². The monoisotopic (exact) mass is 282 g/mol. The molecule has 2 aliphatic carbocycles. The number of hydrogen-bond acceptors (Lipinski definition) is 4. The lowest BCUT2D eigenvalue weighted by Crippen LogP contribution is -2.46. The minimum absolute atomic E-state index is 0.0616. The third-order valence-corrected chi connectivity index (χ3v) is 4.26. The molecule has 0 aromatic rings. The van der Waals surface area contributed by atoms with E-state index in [9.17, 15) is 9.59 Å². The molecule has 0 heterocycles. The van der Waals surface area contributed by atoms with Crippen LogP contribution in [-0.2, 0) is 14.3 Å². The Kier molecular flexibility index (Phi) is 5.40. The quantitative estimate of drug-likeness (QED) is 0.612. The minimum atomic E-state index is -0.310. The van der Waals surface area contributed by atoms with Gasteiger partial charge in [0.15, 0.2) is 0 Å². The Morgan fingerprint density at radius 2 is 1.85 bits per heavy atom. The first-order chi connectivity index (χ1) is 9.63. The third kappa shape index (κ3) is 3.95. The summed E-state index contributed by atoms with van der Waals surface area (Å²) >= 11 is 0. The Bertz CT molecular complexity index is 355. The zero-order chi connectivity index (χ0) is 14.5. The van der Waals surface area contributed by atoms with Crippen molar-refractivity contribution in [2.24, 2.45) is 11.7 Å². The molecule has 2 atom stereocenters. The number of carbonyl (C=O) groups is 2. The summed E-state index contributed by atoms with van der Waals surface area (Å²) in [4.78, 5) is 26.1. The molecule has 1 amide bonds. The number of hydrogen-bond donors (Lipinski definition) is 1. The van der Waals surface area contributed by atoms with E-state index in [2.05, 4.69) is 0 Å². The van der Waals surface area contributed by atoms with Crippen molar-refractivity contribution >= 4 is 11.9 Å². The largest absolute Gasteiger partial charge is 0.465 e. The Balaban J connectivity index is 2.00. The first kappa shape index (κ1) is 15.3. The number of nitrogens with zero attached hydrogens (tertiary/aromatic N) is 1. The van der Waals surface area contributed by atoms with Crippen LogP contribution in [0.1, 0.15) is 51.9 Å². The summed E-state index contributed by atoms with van der Waals surface area (Å²) in [5.41, 5.74) is 6.16. The Morgan fingerprint density at radius 1 is 1.15 bits per heavy atom. The molecule has 0 radical (unpaired) electrons. The van der Waals surface area contributed by atoms with Gasteiger partial charge in [0.05, 0.1) is 12.5 Å². The zero-order valence-corrected chi connectivity index (χ0v) is 12.3. The van der Waals surface area contributed by atoms with Crippen LogP contribution in [0.15, 0.2) is 0 Å². The van der Waals surface area contributed by atoms with E-state index in [-0.39, 0.29) is 36.4 Å². The number of ether oxygens (including phenoxy) is 1. The van der Waals surface area contributed by atoms with Gasteiger partial charge in [-0.3, -0.25) is 9.59 Å². The van der Waals surface area contributed by atoms with Gasteiger partial charge in [-0.05, 0) is 32.6 Å². The lowest BCUT2D eigenvalue weighted by molar-refractivity contribution is -0.151. The Morgan fingerprint density at radius 3 is 2.50 bits per heavy atom. The summed E-state index contributed by atoms with van der Waals surface area (Å²) in [7, 11) is 0. The van der Waals surface area contributed by atoms with Crippen LogP contribution in [0.4, 0.5) is 0 Å². The molecule has 2 unspecified atom stereocenters. The fourth-order valence-electron chi connectivity index (χ4n) is 2.97. The van der Waals surface area contributed by atoms with Gasteiger partial charge in [0.1, 0.15) is 6.54 Å². The van der Waals surface area contributed by atoms with E-state index in [0.29, 0.717) is 6.61 Å². The van der Waals surface area contributed by atoms with Crippen LogP contribution < -0.4 is 5.73 Å². The van der Waals surface area contributed by atoms with Crippen LogP contribution >= 0.6 is 0 Å². The molecule has 0 aliphatic heterocycles. The second-order valence-corrected chi connectivity index (χ2v) is 5.91. The van der Waals surface area contributed by atoms with Gasteiger partial charge < -0.3 is 15.4 Å². The molecule has 0 spiro atoms. The van der Waals surface area contributed by atoms with Crippen molar-refractivity contribution in [1.82, 2.24) is 4.90 Å². The fourth-order valence-corrected chi connectivity index (χ4v) is 2.97. The van der Waals surface area contributed by atoms with E-state index in [1.54, 1.807) is 11.8 Å². The molecule has 0 aromatic carbocycles. The Labute approximate surface area is 120 Å². The van der Waals surface area contributed by atoms with E-state index in [1.807, 2.05) is 0 Å². The Hall–Kier alpha value is -1.10. The first-order valence-electron chi connectivity index (χ1n) is 7.85. The summed E-state index contributed by atoms with van der Waals surface area (Å²) in [6.45, 7) is 2.22. The van der Waals surface area contributed by atoms with Gasteiger partial charge in [0.25, 0.3) is 0 Å². The summed E-state index contributed by atoms with van der Waals surface area (Å²) in [5.74, 6) is -0.363. The molecular weight excluding hydrogens is 256 g/mol. The predicted octanol–water partition coefficient (Wildman–Crippen LogP) is 1.45. The van der Waals surface area contributed by atoms with Gasteiger partial charge in [-0.25, -0.2) is 0 Å². The molecule has 2 N–H and O–H groups in total. The van der Waals surface area contributed by atoms with Crippen LogP contribution in [0.2, 0.25) is 0 Å². The second kappa shape index (κ2) is 7.07. The van der Waals surface area contributed by atoms with Crippen molar-refractivity contribution in [2.45, 2.75) is 64.0 Å². The number of amides is 1. The second-order valence-electron chi connectivity index (χ2n) is 5.91. The van der Waals surface area contributed by atoms with Gasteiger partial charge in [-0.2, -0.15) is 0 Å². The molecule has 5 nitrogen and oxygen atoms in total. The molecule has 2 saturated carbocycles. The van der Waals surface area contributed by atoms with Crippen molar-refractivity contribution in [2.75, 3.05) is 13.2 Å². The summed E-state index contributed by atoms with van der Waals surface area (Å²) in [5, 5.41) is 0. The zero-order valence-electron chi connectivity index (χ0n) is 12.3. The highest BCUT2D eigenvalue weighted by Gasteiger charge is 2.39. The number of esters is 1. The highest BCUT2D eigenvalue weighted by atomic mass is 16.5. The van der Waals surface area contributed by atoms with E-state index < -0.39 is 0 Å². The number of nitrogens with two attached hydrogens (primary N) is 1. The molecule has 2 rings (SSSR count). The van der Waals surface area contributed by atoms with Gasteiger partial charge in [-0.15, -0.1) is 0 Å². The van der Waals surface area contributed by atoms with Crippen LogP contribution in [0.25, 0.3) is 0 Å². The first-order valence-corrected chi connectivity index (χ1v) is 7.85. The van der Waals surface area contributed by atoms with Crippen LogP contribution in [-0.4, -0.2) is 42.0 Å². The highest BCUT2D eigenvalue weighted by molar-refractivity contribution is 5.84. The molecular formula is C15H26N2O3. The van der Waals surface area contributed by atoms with Crippen molar-refractivity contribution in [3.8, 4) is 0 Å². The van der Waals surface area contributed by atoms with Gasteiger partial charge >= 0.3 is 5.97 Å². The molecule has 114 valence electrons. The minimum Gasteiger partial charge on any atom is -0.465 e. The SMILES string of the molecule is CCOC(=O)CN(C(=O)C1CCCCCC1N)C1CC1. The predicted molar refractivity (Wildman–Crippen MR) is 75.9 cm³/mol. The molecule has 5 heteroatoms. The normalized spacial score (nSPS) is 26.7. The lowest BCUT2D eigenvalue weighted by Gasteiger charge is -2.28. The summed E-state index contributed by atoms with van der Waals surface area (Å²) in [6.07, 6.45) is 7.06. The van der Waals surface area contributed by atoms with E-state index in [0.717, 1.165) is 44.9 Å². The molecule has 20 heavy (non-hydrogen) atoms. The van der Waals surface area contributed by atoms with E-state index >= 15 is 0 Å². The van der Waals surface area contributed by atoms with Crippen molar-refractivity contribution < 1.29 is 14.3 Å². The smallest absolute Gasteiger partial charge is 0.325 e. The lowest BCUT2D eigenvalue weighted by atomic mass is 9.94. The molecule has 0 saturated heterocycles. The maximum atomic E-state index is 12.7. The van der Waals surface area contributed by atoms with E-state index in [1.165, 1.54) is 0 Å². The summed E-state index contributed by atoms with van der Waals surface area (Å²) in [6, 6.07) is 0.163. The van der Waals surface area contributed by atoms with Crippen molar-refractivity contribution in [1.29, 1.82) is 0 Å². The number of rotatable bonds is 5. The van der Waals surface area contributed by atoms with Crippen LogP contribution in [0.3, 0.4) is 0 Å². The van der Waals surface area contributed by atoms with Crippen molar-refractivity contribution in [3.63, 3.8) is 0 Å². The van der Waals surface area contributed by atoms with Gasteiger partial charge in [-0.1, -0.05) is 19.3 Å². The standard InChI is InChI=1S/C15H26N2O3/c1-2-20-14(18)10-17(11-8-9-11)15(19)12-6-4-3-5-7-13(12)16/h11-13H,2-10,16H2,1H3. The van der Waals surface area contributed by atoms with Gasteiger partial charge in [0.2, 0.25) is 5.91 Å². The maximum absolute atomic E-state index is 12.7. The third-order valence-electron chi connectivity index (χ3n) is 4.26. The van der Waals surface area contributed by atoms with E-state index in [4.69, 9.17) is 10.5 Å². The topological polar surface area (TPSA) is 72.6 Å². The summed E-state index contributed by atoms with van der Waals surface area (Å²) < 4.78 is 4.98. The average molecular weight is 282 g/mol. The average Bonchev–Trinajstić information content (AvgIpc) is 3.23. The number of carbonyl (C=O) groups excluding carboxylic acids is 2. The molecule has 0 aromatic heterocycles. The van der Waals surface area contributed by atoms with Gasteiger partial charge in [0, 0.05) is 12.1 Å². The fraction of sp³-hybridized carbons (Fsp3) is 0.867. The molecule has 2 aliphatic rings. The van der Waals surface area contributed by atoms with Crippen LogP contribution in [0, 0.1) is 5.92 Å². The van der Waals surface area contributed by atoms with Crippen LogP contribution in [0.5, 0.6) is 0 Å². The molecule has 0 bridgehead atoms. The maximum Gasteiger partial charge on any atom is 0.325 e. The molecule has 2 fully saturated rings.